The van der Waals surface area contributed by atoms with E-state index in [1.807, 2.05) is 0 Å². The fraction of sp³-hybridized carbons (Fsp3) is 0.273. The molecule has 2 N–H and O–H groups in total. The van der Waals surface area contributed by atoms with Gasteiger partial charge in [0.15, 0.2) is 0 Å². The predicted octanol–water partition coefficient (Wildman–Crippen LogP) is 1.64. The summed E-state index contributed by atoms with van der Waals surface area (Å²) in [6.07, 6.45) is 3.89. The van der Waals surface area contributed by atoms with Gasteiger partial charge in [0.2, 0.25) is 11.9 Å². The number of amides is 1. The summed E-state index contributed by atoms with van der Waals surface area (Å²) < 4.78 is 12.6. The van der Waals surface area contributed by atoms with Gasteiger partial charge < -0.3 is 5.73 Å². The molecule has 1 amide bonds. The van der Waals surface area contributed by atoms with Crippen LogP contribution in [-0.2, 0) is 4.79 Å². The molecule has 3 nitrogen and oxygen atoms in total. The van der Waals surface area contributed by atoms with Crippen LogP contribution in [0.25, 0.3) is 5.57 Å². The van der Waals surface area contributed by atoms with Gasteiger partial charge in [0.05, 0.1) is 0 Å². The Kier molecular flexibility index (Phi) is 2.49. The molecule has 0 saturated heterocycles. The number of primary amides is 1. The number of nitrogens with two attached hydrogens (primary N) is 1. The highest BCUT2D eigenvalue weighted by Crippen LogP contribution is 2.33. The standard InChI is InChI=1S/C11H11FN2O/c12-10-5-4-7(6-14-10)8-2-1-3-9(8)11(13)15/h4-6H,1-3H2,(H2,13,15). The maximum Gasteiger partial charge on any atom is 0.244 e. The third-order valence-corrected chi connectivity index (χ3v) is 2.59. The van der Waals surface area contributed by atoms with Gasteiger partial charge in [-0.2, -0.15) is 4.39 Å². The summed E-state index contributed by atoms with van der Waals surface area (Å²) in [4.78, 5) is 14.7. The lowest BCUT2D eigenvalue weighted by atomic mass is 10.0. The van der Waals surface area contributed by atoms with Crippen molar-refractivity contribution in [3.8, 4) is 0 Å². The third-order valence-electron chi connectivity index (χ3n) is 2.59. The van der Waals surface area contributed by atoms with Crippen LogP contribution in [0.15, 0.2) is 23.9 Å². The van der Waals surface area contributed by atoms with E-state index >= 15 is 0 Å². The van der Waals surface area contributed by atoms with E-state index in [1.165, 1.54) is 12.3 Å². The molecule has 2 rings (SSSR count). The average molecular weight is 206 g/mol. The van der Waals surface area contributed by atoms with Crippen LogP contribution in [0.4, 0.5) is 4.39 Å². The Labute approximate surface area is 86.8 Å². The topological polar surface area (TPSA) is 56.0 Å². The molecule has 0 atom stereocenters. The van der Waals surface area contributed by atoms with Crippen LogP contribution in [0.5, 0.6) is 0 Å². The van der Waals surface area contributed by atoms with Crippen molar-refractivity contribution in [3.63, 3.8) is 0 Å². The van der Waals surface area contributed by atoms with Crippen molar-refractivity contribution in [2.45, 2.75) is 19.3 Å². The minimum atomic E-state index is -0.516. The summed E-state index contributed by atoms with van der Waals surface area (Å²) in [6, 6.07) is 2.92. The van der Waals surface area contributed by atoms with Crippen molar-refractivity contribution >= 4 is 11.5 Å². The Balaban J connectivity index is 2.41. The van der Waals surface area contributed by atoms with E-state index in [4.69, 9.17) is 5.73 Å². The molecule has 78 valence electrons. The second-order valence-electron chi connectivity index (χ2n) is 3.54. The molecular weight excluding hydrogens is 195 g/mol. The van der Waals surface area contributed by atoms with Gasteiger partial charge in [0, 0.05) is 11.8 Å². The van der Waals surface area contributed by atoms with Crippen molar-refractivity contribution in [2.75, 3.05) is 0 Å². The van der Waals surface area contributed by atoms with Crippen molar-refractivity contribution in [2.24, 2.45) is 5.73 Å². The van der Waals surface area contributed by atoms with Crippen molar-refractivity contribution in [3.05, 3.63) is 35.4 Å². The third kappa shape index (κ3) is 1.88. The Hall–Kier alpha value is -1.71. The molecule has 1 heterocycles. The number of hydrogen-bond acceptors (Lipinski definition) is 2. The van der Waals surface area contributed by atoms with E-state index < -0.39 is 5.95 Å². The number of pyridine rings is 1. The quantitative estimate of drug-likeness (QED) is 0.748. The molecule has 1 aromatic heterocycles. The summed E-state index contributed by atoms with van der Waals surface area (Å²) in [5.41, 5.74) is 7.63. The van der Waals surface area contributed by atoms with Crippen LogP contribution in [0, 0.1) is 5.95 Å². The van der Waals surface area contributed by atoms with Crippen molar-refractivity contribution in [1.29, 1.82) is 0 Å². The molecule has 0 fully saturated rings. The molecule has 0 spiro atoms. The Morgan fingerprint density at radius 2 is 2.20 bits per heavy atom. The highest BCUT2D eigenvalue weighted by molar-refractivity contribution is 6.01. The van der Waals surface area contributed by atoms with Gasteiger partial charge in [-0.05, 0) is 42.5 Å². The summed E-state index contributed by atoms with van der Waals surface area (Å²) in [5.74, 6) is -0.898. The van der Waals surface area contributed by atoms with Crippen LogP contribution in [0.2, 0.25) is 0 Å². The minimum absolute atomic E-state index is 0.383. The van der Waals surface area contributed by atoms with Gasteiger partial charge >= 0.3 is 0 Å². The van der Waals surface area contributed by atoms with Crippen LogP contribution in [0.1, 0.15) is 24.8 Å². The summed E-state index contributed by atoms with van der Waals surface area (Å²) in [7, 11) is 0. The maximum absolute atomic E-state index is 12.6. The first-order valence-electron chi connectivity index (χ1n) is 4.82. The van der Waals surface area contributed by atoms with Crippen LogP contribution >= 0.6 is 0 Å². The first kappa shape index (κ1) is 9.83. The van der Waals surface area contributed by atoms with Gasteiger partial charge in [-0.1, -0.05) is 0 Å². The Morgan fingerprint density at radius 3 is 2.80 bits per heavy atom. The highest BCUT2D eigenvalue weighted by Gasteiger charge is 2.19. The van der Waals surface area contributed by atoms with E-state index in [0.717, 1.165) is 24.0 Å². The van der Waals surface area contributed by atoms with E-state index in [1.54, 1.807) is 6.07 Å². The van der Waals surface area contributed by atoms with Crippen LogP contribution < -0.4 is 5.73 Å². The van der Waals surface area contributed by atoms with E-state index in [9.17, 15) is 9.18 Å². The highest BCUT2D eigenvalue weighted by atomic mass is 19.1. The lowest BCUT2D eigenvalue weighted by Crippen LogP contribution is -2.13. The number of hydrogen-bond donors (Lipinski definition) is 1. The predicted molar refractivity (Wildman–Crippen MR) is 54.2 cm³/mol. The van der Waals surface area contributed by atoms with E-state index in [-0.39, 0.29) is 5.91 Å². The largest absolute Gasteiger partial charge is 0.366 e. The average Bonchev–Trinajstić information content (AvgIpc) is 2.67. The monoisotopic (exact) mass is 206 g/mol. The summed E-state index contributed by atoms with van der Waals surface area (Å²) >= 11 is 0. The normalized spacial score (nSPS) is 15.8. The maximum atomic E-state index is 12.6. The molecular formula is C11H11FN2O. The number of carbonyl (C=O) groups excluding carboxylic acids is 1. The molecule has 0 radical (unpaired) electrons. The molecule has 0 bridgehead atoms. The Bertz CT molecular complexity index is 423. The lowest BCUT2D eigenvalue weighted by Gasteiger charge is -2.03. The van der Waals surface area contributed by atoms with Gasteiger partial charge in [-0.3, -0.25) is 4.79 Å². The summed E-state index contributed by atoms with van der Waals surface area (Å²) in [6.45, 7) is 0. The zero-order chi connectivity index (χ0) is 10.8. The fourth-order valence-electron chi connectivity index (χ4n) is 1.89. The van der Waals surface area contributed by atoms with Crippen LogP contribution in [0.3, 0.4) is 0 Å². The zero-order valence-corrected chi connectivity index (χ0v) is 8.16. The van der Waals surface area contributed by atoms with Gasteiger partial charge in [0.25, 0.3) is 0 Å². The van der Waals surface area contributed by atoms with Crippen LogP contribution in [-0.4, -0.2) is 10.9 Å². The second kappa shape index (κ2) is 3.81. The SMILES string of the molecule is NC(=O)C1=C(c2ccc(F)nc2)CCC1. The van der Waals surface area contributed by atoms with E-state index in [2.05, 4.69) is 4.98 Å². The zero-order valence-electron chi connectivity index (χ0n) is 8.16. The van der Waals surface area contributed by atoms with Crippen molar-refractivity contribution < 1.29 is 9.18 Å². The number of rotatable bonds is 2. The molecule has 15 heavy (non-hydrogen) atoms. The molecule has 0 unspecified atom stereocenters. The molecule has 0 saturated carbocycles. The van der Waals surface area contributed by atoms with Gasteiger partial charge in [0.1, 0.15) is 0 Å². The number of allylic oxidation sites excluding steroid dienone is 1. The Morgan fingerprint density at radius 1 is 1.40 bits per heavy atom. The molecule has 1 aromatic rings. The number of aromatic nitrogens is 1. The minimum Gasteiger partial charge on any atom is -0.366 e. The number of nitrogens with zero attached hydrogens (tertiary/aromatic N) is 1. The van der Waals surface area contributed by atoms with Gasteiger partial charge in [-0.15, -0.1) is 0 Å². The first-order chi connectivity index (χ1) is 7.18. The van der Waals surface area contributed by atoms with E-state index in [0.29, 0.717) is 12.0 Å². The second-order valence-corrected chi connectivity index (χ2v) is 3.54. The number of halogens is 1. The molecule has 4 heteroatoms. The molecule has 1 aliphatic rings. The number of carbonyl (C=O) groups is 1. The van der Waals surface area contributed by atoms with Gasteiger partial charge in [-0.25, -0.2) is 4.98 Å². The molecule has 1 aliphatic carbocycles. The first-order valence-corrected chi connectivity index (χ1v) is 4.82. The lowest BCUT2D eigenvalue weighted by molar-refractivity contribution is -0.114. The fourth-order valence-corrected chi connectivity index (χ4v) is 1.89. The molecule has 0 aromatic carbocycles. The molecule has 0 aliphatic heterocycles. The smallest absolute Gasteiger partial charge is 0.244 e. The van der Waals surface area contributed by atoms with Crippen molar-refractivity contribution in [1.82, 2.24) is 4.98 Å². The summed E-state index contributed by atoms with van der Waals surface area (Å²) in [5, 5.41) is 0.